The molecular formula is C72H66Cl4F12N14O10. The van der Waals surface area contributed by atoms with Crippen molar-refractivity contribution in [2.24, 2.45) is 28.2 Å². The summed E-state index contributed by atoms with van der Waals surface area (Å²) in [6.07, 6.45) is 5.90. The molecule has 24 nitrogen and oxygen atoms in total. The summed E-state index contributed by atoms with van der Waals surface area (Å²) < 4.78 is 174. The van der Waals surface area contributed by atoms with Crippen molar-refractivity contribution in [3.8, 4) is 12.1 Å². The van der Waals surface area contributed by atoms with Crippen molar-refractivity contribution in [2.75, 3.05) is 21.3 Å². The SMILES string of the molecule is Cn1cc(C(=O)Nc2ccc(F)c(Cl)c2)cc1C(F)(F)C(=O)NC1(C#N)CC1.Cn1cc(C(=O)Nc2ccc(F)c(Cl)c2)cc1C(F)(F)C(=O)NOC(C)(C)C.Cn1ccc(C(=O)Nc2ccc(F)c(Cl)c2)c1C(F)(F)C(=O)NC1(C#N)CC1.Cn1ccc(C(=O)Nc2ccc(F)c(Cl)c2)c1C(F)(F)C(=O)NOC(C)(C)C. The van der Waals surface area contributed by atoms with Crippen LogP contribution in [0.2, 0.25) is 20.1 Å². The van der Waals surface area contributed by atoms with Gasteiger partial charge < -0.3 is 50.2 Å². The molecule has 112 heavy (non-hydrogen) atoms. The first kappa shape index (κ1) is 88.2. The molecule has 596 valence electrons. The number of alkyl halides is 8. The number of hydrogen-bond acceptors (Lipinski definition) is 12. The average Bonchev–Trinajstić information content (AvgIpc) is 1.60. The van der Waals surface area contributed by atoms with Crippen LogP contribution in [-0.2, 0) is 80.7 Å². The van der Waals surface area contributed by atoms with Gasteiger partial charge in [-0.3, -0.25) is 48.0 Å². The molecule has 0 bridgehead atoms. The quantitative estimate of drug-likeness (QED) is 0.0261. The monoisotopic (exact) mass is 1650 g/mol. The zero-order valence-electron chi connectivity index (χ0n) is 60.2. The van der Waals surface area contributed by atoms with E-state index in [2.05, 4.69) is 26.6 Å². The normalized spacial score (nSPS) is 13.4. The van der Waals surface area contributed by atoms with Crippen LogP contribution in [0.4, 0.5) is 75.4 Å². The third kappa shape index (κ3) is 21.8. The van der Waals surface area contributed by atoms with Crippen molar-refractivity contribution in [3.63, 3.8) is 0 Å². The largest absolute Gasteiger partial charge is 0.367 e. The molecule has 2 aliphatic carbocycles. The van der Waals surface area contributed by atoms with E-state index in [1.54, 1.807) is 58.6 Å². The standard InChI is InChI=1S/2C18H14ClF3N4O2.2C18H19ClF3N3O3/c1-26-7-4-11(15(27)24-10-2-3-13(20)12(19)8-10)14(26)18(21,22)16(28)25-17(9-23)5-6-17;1-26-8-10(15(27)24-11-2-3-13(20)12(19)7-11)6-14(26)18(21,22)16(28)25-17(9-23)4-5-17;1-17(2,3)28-24-16(27)18(21,22)14-7-10(9-25(14)4)15(26)23-11-5-6-13(20)12(19)8-11;1-17(2,3)28-24-16(27)18(21,22)14-11(7-8-25(14)4)15(26)23-10-5-6-13(20)12(19)9-10/h2-4,7-8H,5-6H2,1H3,(H,24,27)(H,25,28);2-3,6-8H,4-5H2,1H3,(H,24,27)(H,25,28);2*5-9H,1-4H3,(H,23,26)(H,24,27). The van der Waals surface area contributed by atoms with Gasteiger partial charge >= 0.3 is 35.5 Å². The third-order valence-electron chi connectivity index (χ3n) is 15.8. The lowest BCUT2D eigenvalue weighted by atomic mass is 10.1. The fourth-order valence-corrected chi connectivity index (χ4v) is 10.4. The Morgan fingerprint density at radius 2 is 0.670 bits per heavy atom. The highest BCUT2D eigenvalue weighted by atomic mass is 35.5. The average molecular weight is 1660 g/mol. The zero-order chi connectivity index (χ0) is 83.9. The molecule has 4 aromatic carbocycles. The number of rotatable bonds is 20. The second-order valence-corrected chi connectivity index (χ2v) is 28.7. The molecule has 0 spiro atoms. The summed E-state index contributed by atoms with van der Waals surface area (Å²) in [4.78, 5) is 107. The van der Waals surface area contributed by atoms with Crippen molar-refractivity contribution in [3.05, 3.63) is 210 Å². The van der Waals surface area contributed by atoms with Gasteiger partial charge in [0, 0.05) is 75.7 Å². The van der Waals surface area contributed by atoms with E-state index in [1.807, 2.05) is 11.4 Å². The number of nitrogens with one attached hydrogen (secondary N) is 8. The van der Waals surface area contributed by atoms with Crippen molar-refractivity contribution in [1.82, 2.24) is 39.9 Å². The van der Waals surface area contributed by atoms with Gasteiger partial charge in [-0.15, -0.1) is 0 Å². The Labute approximate surface area is 649 Å². The molecule has 8 N–H and O–H groups in total. The van der Waals surface area contributed by atoms with Crippen LogP contribution in [0.15, 0.2) is 122 Å². The maximum absolute atomic E-state index is 14.8. The number of hydroxylamine groups is 2. The third-order valence-corrected chi connectivity index (χ3v) is 16.9. The lowest BCUT2D eigenvalue weighted by Crippen LogP contribution is -2.46. The van der Waals surface area contributed by atoms with Crippen LogP contribution in [0.1, 0.15) is 131 Å². The molecule has 4 aromatic heterocycles. The van der Waals surface area contributed by atoms with E-state index in [-0.39, 0.29) is 66.8 Å². The van der Waals surface area contributed by atoms with Crippen LogP contribution < -0.4 is 42.9 Å². The topological polar surface area (TPSA) is 319 Å². The van der Waals surface area contributed by atoms with Crippen LogP contribution >= 0.6 is 46.4 Å². The Morgan fingerprint density at radius 1 is 0.402 bits per heavy atom. The Morgan fingerprint density at radius 3 is 0.946 bits per heavy atom. The molecule has 0 unspecified atom stereocenters. The van der Waals surface area contributed by atoms with Gasteiger partial charge in [0.05, 0.1) is 77.1 Å². The van der Waals surface area contributed by atoms with Crippen molar-refractivity contribution < 1.29 is 101 Å². The molecule has 10 rings (SSSR count). The van der Waals surface area contributed by atoms with Crippen molar-refractivity contribution in [2.45, 2.75) is 113 Å². The lowest BCUT2D eigenvalue weighted by molar-refractivity contribution is -0.171. The van der Waals surface area contributed by atoms with E-state index in [4.69, 9.17) is 66.6 Å². The number of nitrogens with zero attached hydrogens (tertiary/aromatic N) is 6. The minimum atomic E-state index is -4.06. The predicted molar refractivity (Wildman–Crippen MR) is 384 cm³/mol. The van der Waals surface area contributed by atoms with Crippen molar-refractivity contribution in [1.29, 1.82) is 10.5 Å². The maximum Gasteiger partial charge on any atom is 0.367 e. The molecule has 8 amide bonds. The Kier molecular flexibility index (Phi) is 27.0. The van der Waals surface area contributed by atoms with Crippen LogP contribution in [0.3, 0.4) is 0 Å². The number of nitriles is 2. The van der Waals surface area contributed by atoms with Crippen LogP contribution in [-0.4, -0.2) is 87.8 Å². The number of carbonyl (C=O) groups is 8. The predicted octanol–water partition coefficient (Wildman–Crippen LogP) is 14.7. The van der Waals surface area contributed by atoms with Gasteiger partial charge in [-0.1, -0.05) is 46.4 Å². The summed E-state index contributed by atoms with van der Waals surface area (Å²) >= 11 is 22.6. The summed E-state index contributed by atoms with van der Waals surface area (Å²) in [6, 6.07) is 21.4. The number of amides is 8. The van der Waals surface area contributed by atoms with Gasteiger partial charge in [0.25, 0.3) is 35.4 Å². The van der Waals surface area contributed by atoms with E-state index in [1.165, 1.54) is 77.0 Å². The molecule has 0 radical (unpaired) electrons. The molecular weight excluding hydrogens is 1590 g/mol. The van der Waals surface area contributed by atoms with E-state index in [0.29, 0.717) is 12.8 Å². The molecule has 0 atom stereocenters. The van der Waals surface area contributed by atoms with Crippen LogP contribution in [0.25, 0.3) is 0 Å². The molecule has 2 saturated carbocycles. The Hall–Kier alpha value is -11.0. The molecule has 40 heteroatoms. The second-order valence-electron chi connectivity index (χ2n) is 27.0. The number of carbonyl (C=O) groups excluding carboxylic acids is 8. The van der Waals surface area contributed by atoms with Gasteiger partial charge in [-0.05, 0) is 164 Å². The number of benzene rings is 4. The van der Waals surface area contributed by atoms with Crippen LogP contribution in [0.5, 0.6) is 0 Å². The zero-order valence-corrected chi connectivity index (χ0v) is 63.2. The summed E-state index contributed by atoms with van der Waals surface area (Å²) in [5, 5.41) is 30.7. The van der Waals surface area contributed by atoms with Crippen molar-refractivity contribution >= 4 is 116 Å². The van der Waals surface area contributed by atoms with Crippen LogP contribution in [0, 0.1) is 45.9 Å². The fraction of sp³-hybridized carbons (Fsp3) is 0.306. The lowest BCUT2D eigenvalue weighted by Gasteiger charge is -2.23. The van der Waals surface area contributed by atoms with Gasteiger partial charge in [0.15, 0.2) is 0 Å². The highest BCUT2D eigenvalue weighted by molar-refractivity contribution is 6.32. The fourth-order valence-electron chi connectivity index (χ4n) is 9.65. The number of halogens is 16. The van der Waals surface area contributed by atoms with E-state index < -0.39 is 150 Å². The summed E-state index contributed by atoms with van der Waals surface area (Å²) in [7, 11) is 5.07. The molecule has 2 fully saturated rings. The molecule has 0 aliphatic heterocycles. The van der Waals surface area contributed by atoms with Gasteiger partial charge in [-0.25, -0.2) is 28.5 Å². The van der Waals surface area contributed by atoms with Gasteiger partial charge in [-0.2, -0.15) is 45.6 Å². The first-order chi connectivity index (χ1) is 51.8. The maximum atomic E-state index is 14.8. The molecule has 2 aliphatic rings. The highest BCUT2D eigenvalue weighted by Gasteiger charge is 2.55. The smallest absolute Gasteiger partial charge is 0.348 e. The molecule has 8 aromatic rings. The molecule has 0 saturated heterocycles. The summed E-state index contributed by atoms with van der Waals surface area (Å²) in [5.41, 5.74) is -4.45. The van der Waals surface area contributed by atoms with Gasteiger partial charge in [0.1, 0.15) is 45.7 Å². The minimum Gasteiger partial charge on any atom is -0.348 e. The highest BCUT2D eigenvalue weighted by Crippen LogP contribution is 2.41. The number of aromatic nitrogens is 4. The first-order valence-corrected chi connectivity index (χ1v) is 34.0. The van der Waals surface area contributed by atoms with E-state index in [9.17, 15) is 91.0 Å². The van der Waals surface area contributed by atoms with E-state index >= 15 is 0 Å². The minimum absolute atomic E-state index is 0.0976. The number of aryl methyl sites for hydroxylation is 4. The summed E-state index contributed by atoms with van der Waals surface area (Å²) in [5.74, 6) is -28.7. The van der Waals surface area contributed by atoms with E-state index in [0.717, 1.165) is 91.3 Å². The second kappa shape index (κ2) is 34.3. The Balaban J connectivity index is 0.000000207. The van der Waals surface area contributed by atoms with Gasteiger partial charge in [0.2, 0.25) is 0 Å². The Bertz CT molecular complexity index is 5070. The molecule has 4 heterocycles. The first-order valence-electron chi connectivity index (χ1n) is 32.5. The number of hydrogen-bond donors (Lipinski definition) is 8. The summed E-state index contributed by atoms with van der Waals surface area (Å²) in [6.45, 7) is 9.45. The number of anilines is 4.